The van der Waals surface area contributed by atoms with E-state index in [2.05, 4.69) is 10.5 Å². The van der Waals surface area contributed by atoms with E-state index in [0.717, 1.165) is 17.0 Å². The maximum atomic E-state index is 12.9. The van der Waals surface area contributed by atoms with E-state index in [9.17, 15) is 9.18 Å². The number of halogens is 1. The van der Waals surface area contributed by atoms with Gasteiger partial charge >= 0.3 is 0 Å². The van der Waals surface area contributed by atoms with Crippen LogP contribution in [0.15, 0.2) is 34.9 Å². The fourth-order valence-electron chi connectivity index (χ4n) is 1.93. The number of amides is 1. The molecule has 0 unspecified atom stereocenters. The SMILES string of the molecule is Cc1cc(CS[C@@H](C)C(=O)N[C@H](C)c2ccc(F)cc2)on1. The molecule has 1 heterocycles. The molecule has 2 atom stereocenters. The van der Waals surface area contributed by atoms with E-state index in [1.807, 2.05) is 26.8 Å². The van der Waals surface area contributed by atoms with Crippen LogP contribution in [0.2, 0.25) is 0 Å². The lowest BCUT2D eigenvalue weighted by Crippen LogP contribution is -2.33. The predicted octanol–water partition coefficient (Wildman–Crippen LogP) is 3.62. The number of rotatable bonds is 6. The van der Waals surface area contributed by atoms with Crippen LogP contribution in [0.3, 0.4) is 0 Å². The van der Waals surface area contributed by atoms with E-state index >= 15 is 0 Å². The summed E-state index contributed by atoms with van der Waals surface area (Å²) in [5.74, 6) is 1.01. The van der Waals surface area contributed by atoms with Crippen LogP contribution in [0, 0.1) is 12.7 Å². The standard InChI is InChI=1S/C16H19FN2O2S/c1-10-8-15(21-19-10)9-22-12(3)16(20)18-11(2)13-4-6-14(17)7-5-13/h4-8,11-12H,9H2,1-3H3,(H,18,20)/t11-,12+/m1/s1. The molecule has 118 valence electrons. The first-order chi connectivity index (χ1) is 10.5. The Morgan fingerprint density at radius 1 is 1.36 bits per heavy atom. The van der Waals surface area contributed by atoms with Crippen LogP contribution in [0.1, 0.15) is 36.9 Å². The first kappa shape index (κ1) is 16.5. The minimum atomic E-state index is -0.284. The van der Waals surface area contributed by atoms with Crippen LogP contribution in [0.4, 0.5) is 4.39 Å². The largest absolute Gasteiger partial charge is 0.360 e. The molecule has 0 aliphatic carbocycles. The molecule has 0 saturated carbocycles. The van der Waals surface area contributed by atoms with Gasteiger partial charge in [-0.1, -0.05) is 17.3 Å². The third-order valence-corrected chi connectivity index (χ3v) is 4.42. The second-order valence-electron chi connectivity index (χ2n) is 5.17. The van der Waals surface area contributed by atoms with Crippen molar-refractivity contribution in [3.8, 4) is 0 Å². The second kappa shape index (κ2) is 7.45. The fourth-order valence-corrected chi connectivity index (χ4v) is 2.70. The number of thioether (sulfide) groups is 1. The van der Waals surface area contributed by atoms with Crippen molar-refractivity contribution in [3.05, 3.63) is 53.2 Å². The minimum absolute atomic E-state index is 0.0573. The number of aryl methyl sites for hydroxylation is 1. The van der Waals surface area contributed by atoms with Gasteiger partial charge in [0.1, 0.15) is 11.6 Å². The number of carbonyl (C=O) groups excluding carboxylic acids is 1. The van der Waals surface area contributed by atoms with Crippen LogP contribution in [0.25, 0.3) is 0 Å². The van der Waals surface area contributed by atoms with Gasteiger partial charge in [-0.15, -0.1) is 11.8 Å². The van der Waals surface area contributed by atoms with Crippen molar-refractivity contribution < 1.29 is 13.7 Å². The Morgan fingerprint density at radius 2 is 2.05 bits per heavy atom. The first-order valence-corrected chi connectivity index (χ1v) is 8.10. The molecule has 0 aliphatic rings. The lowest BCUT2D eigenvalue weighted by atomic mass is 10.1. The van der Waals surface area contributed by atoms with E-state index in [0.29, 0.717) is 5.75 Å². The van der Waals surface area contributed by atoms with Crippen molar-refractivity contribution in [1.29, 1.82) is 0 Å². The molecule has 0 radical (unpaired) electrons. The van der Waals surface area contributed by atoms with Crippen LogP contribution in [0.5, 0.6) is 0 Å². The quantitative estimate of drug-likeness (QED) is 0.882. The molecule has 6 heteroatoms. The van der Waals surface area contributed by atoms with Crippen LogP contribution >= 0.6 is 11.8 Å². The van der Waals surface area contributed by atoms with Gasteiger partial charge in [0.2, 0.25) is 5.91 Å². The molecule has 1 amide bonds. The molecular weight excluding hydrogens is 303 g/mol. The number of benzene rings is 1. The molecule has 22 heavy (non-hydrogen) atoms. The molecule has 0 aliphatic heterocycles. The Kier molecular flexibility index (Phi) is 5.60. The number of carbonyl (C=O) groups is 1. The molecule has 2 rings (SSSR count). The Balaban J connectivity index is 1.83. The molecule has 0 saturated heterocycles. The summed E-state index contributed by atoms with van der Waals surface area (Å²) in [5, 5.41) is 6.53. The molecule has 2 aromatic rings. The highest BCUT2D eigenvalue weighted by atomic mass is 32.2. The second-order valence-corrected chi connectivity index (χ2v) is 6.50. The fraction of sp³-hybridized carbons (Fsp3) is 0.375. The van der Waals surface area contributed by atoms with Gasteiger partial charge in [0.05, 0.1) is 22.7 Å². The number of aromatic nitrogens is 1. The van der Waals surface area contributed by atoms with E-state index < -0.39 is 0 Å². The van der Waals surface area contributed by atoms with E-state index in [1.165, 1.54) is 23.9 Å². The van der Waals surface area contributed by atoms with Crippen molar-refractivity contribution in [2.75, 3.05) is 0 Å². The summed E-state index contributed by atoms with van der Waals surface area (Å²) in [6, 6.07) is 7.83. The Morgan fingerprint density at radius 3 is 2.64 bits per heavy atom. The zero-order chi connectivity index (χ0) is 16.1. The van der Waals surface area contributed by atoms with E-state index in [4.69, 9.17) is 4.52 Å². The summed E-state index contributed by atoms with van der Waals surface area (Å²) in [5.41, 5.74) is 1.70. The summed E-state index contributed by atoms with van der Waals surface area (Å²) < 4.78 is 18.0. The monoisotopic (exact) mass is 322 g/mol. The Labute approximate surface area is 133 Å². The summed E-state index contributed by atoms with van der Waals surface area (Å²) >= 11 is 1.48. The summed E-state index contributed by atoms with van der Waals surface area (Å²) in [6.45, 7) is 5.58. The third kappa shape index (κ3) is 4.59. The minimum Gasteiger partial charge on any atom is -0.360 e. The topological polar surface area (TPSA) is 55.1 Å². The molecule has 0 bridgehead atoms. The van der Waals surface area contributed by atoms with Crippen molar-refractivity contribution in [2.45, 2.75) is 37.8 Å². The average Bonchev–Trinajstić information content (AvgIpc) is 2.91. The molecule has 0 spiro atoms. The zero-order valence-electron chi connectivity index (χ0n) is 12.8. The highest BCUT2D eigenvalue weighted by molar-refractivity contribution is 7.99. The molecule has 0 fully saturated rings. The van der Waals surface area contributed by atoms with Crippen LogP contribution in [-0.2, 0) is 10.5 Å². The third-order valence-electron chi connectivity index (χ3n) is 3.25. The smallest absolute Gasteiger partial charge is 0.233 e. The van der Waals surface area contributed by atoms with E-state index in [1.54, 1.807) is 12.1 Å². The maximum Gasteiger partial charge on any atom is 0.233 e. The lowest BCUT2D eigenvalue weighted by molar-refractivity contribution is -0.120. The van der Waals surface area contributed by atoms with Gasteiger partial charge in [-0.2, -0.15) is 0 Å². The van der Waals surface area contributed by atoms with Gasteiger partial charge in [-0.25, -0.2) is 4.39 Å². The Hall–Kier alpha value is -1.82. The van der Waals surface area contributed by atoms with Gasteiger partial charge in [0, 0.05) is 6.07 Å². The van der Waals surface area contributed by atoms with Crippen molar-refractivity contribution >= 4 is 17.7 Å². The van der Waals surface area contributed by atoms with Crippen LogP contribution in [-0.4, -0.2) is 16.3 Å². The highest BCUT2D eigenvalue weighted by Crippen LogP contribution is 2.20. The number of nitrogens with zero attached hydrogens (tertiary/aromatic N) is 1. The lowest BCUT2D eigenvalue weighted by Gasteiger charge is -2.17. The Bertz CT molecular complexity index is 627. The predicted molar refractivity (Wildman–Crippen MR) is 85.0 cm³/mol. The highest BCUT2D eigenvalue weighted by Gasteiger charge is 2.17. The van der Waals surface area contributed by atoms with Crippen LogP contribution < -0.4 is 5.32 Å². The first-order valence-electron chi connectivity index (χ1n) is 7.05. The van der Waals surface area contributed by atoms with Gasteiger partial charge in [-0.3, -0.25) is 4.79 Å². The molecule has 4 nitrogen and oxygen atoms in total. The van der Waals surface area contributed by atoms with Gasteiger partial charge in [0.25, 0.3) is 0 Å². The van der Waals surface area contributed by atoms with E-state index in [-0.39, 0.29) is 23.0 Å². The molecular formula is C16H19FN2O2S. The zero-order valence-corrected chi connectivity index (χ0v) is 13.6. The number of hydrogen-bond donors (Lipinski definition) is 1. The van der Waals surface area contributed by atoms with Gasteiger partial charge < -0.3 is 9.84 Å². The van der Waals surface area contributed by atoms with Crippen molar-refractivity contribution in [1.82, 2.24) is 10.5 Å². The van der Waals surface area contributed by atoms with Crippen molar-refractivity contribution in [2.24, 2.45) is 0 Å². The van der Waals surface area contributed by atoms with Gasteiger partial charge in [0.15, 0.2) is 0 Å². The maximum absolute atomic E-state index is 12.9. The normalized spacial score (nSPS) is 13.6. The van der Waals surface area contributed by atoms with Crippen molar-refractivity contribution in [3.63, 3.8) is 0 Å². The molecule has 1 aromatic carbocycles. The summed E-state index contributed by atoms with van der Waals surface area (Å²) in [4.78, 5) is 12.2. The number of hydrogen-bond acceptors (Lipinski definition) is 4. The average molecular weight is 322 g/mol. The van der Waals surface area contributed by atoms with Gasteiger partial charge in [-0.05, 0) is 38.5 Å². The summed E-state index contributed by atoms with van der Waals surface area (Å²) in [7, 11) is 0. The molecule has 1 aromatic heterocycles. The number of nitrogens with one attached hydrogen (secondary N) is 1. The summed E-state index contributed by atoms with van der Waals surface area (Å²) in [6.07, 6.45) is 0. The molecule has 1 N–H and O–H groups in total.